The molecule has 1 saturated heterocycles. The largest absolute Gasteiger partial charge is 0.383 e. The van der Waals surface area contributed by atoms with Crippen LogP contribution in [-0.4, -0.2) is 50.3 Å². The molecule has 2 unspecified atom stereocenters. The molecule has 1 fully saturated rings. The first-order valence-electron chi connectivity index (χ1n) is 5.12. The molecule has 0 radical (unpaired) electrons. The van der Waals surface area contributed by atoms with Gasteiger partial charge in [-0.1, -0.05) is 0 Å². The molecule has 0 amide bonds. The van der Waals surface area contributed by atoms with E-state index in [1.54, 1.807) is 7.11 Å². The van der Waals surface area contributed by atoms with E-state index in [9.17, 15) is 0 Å². The van der Waals surface area contributed by atoms with Gasteiger partial charge in [-0.25, -0.2) is 0 Å². The minimum absolute atomic E-state index is 0.346. The molecular weight excluding hydrogens is 178 g/mol. The second-order valence-electron chi connectivity index (χ2n) is 3.75. The summed E-state index contributed by atoms with van der Waals surface area (Å²) in [5.41, 5.74) is 0. The molecule has 0 aromatic rings. The van der Waals surface area contributed by atoms with Crippen molar-refractivity contribution < 1.29 is 4.74 Å². The summed E-state index contributed by atoms with van der Waals surface area (Å²) < 4.78 is 5.07. The lowest BCUT2D eigenvalue weighted by Crippen LogP contribution is -2.56. The normalized spacial score (nSPS) is 28.6. The molecule has 0 aliphatic carbocycles. The molecule has 14 heavy (non-hydrogen) atoms. The summed E-state index contributed by atoms with van der Waals surface area (Å²) in [7, 11) is 1.71. The monoisotopic (exact) mass is 197 g/mol. The van der Waals surface area contributed by atoms with Crippen molar-refractivity contribution in [2.45, 2.75) is 25.4 Å². The number of hydrogen-bond donors (Lipinski definition) is 1. The van der Waals surface area contributed by atoms with Crippen molar-refractivity contribution in [2.24, 2.45) is 0 Å². The van der Waals surface area contributed by atoms with Crippen LogP contribution in [0.1, 0.15) is 13.3 Å². The van der Waals surface area contributed by atoms with Gasteiger partial charge >= 0.3 is 0 Å². The van der Waals surface area contributed by atoms with Gasteiger partial charge in [0.2, 0.25) is 0 Å². The van der Waals surface area contributed by atoms with Crippen LogP contribution in [0.4, 0.5) is 0 Å². The third kappa shape index (κ3) is 2.95. The first-order valence-corrected chi connectivity index (χ1v) is 5.12. The van der Waals surface area contributed by atoms with Crippen molar-refractivity contribution in [3.63, 3.8) is 0 Å². The van der Waals surface area contributed by atoms with E-state index in [0.29, 0.717) is 18.5 Å². The Hall–Kier alpha value is -0.630. The highest BCUT2D eigenvalue weighted by atomic mass is 16.5. The smallest absolute Gasteiger partial charge is 0.0638 e. The van der Waals surface area contributed by atoms with Crippen LogP contribution in [0.25, 0.3) is 0 Å². The first-order chi connectivity index (χ1) is 6.79. The van der Waals surface area contributed by atoms with E-state index in [0.717, 1.165) is 26.2 Å². The molecule has 80 valence electrons. The number of nitriles is 1. The Bertz CT molecular complexity index is 202. The molecule has 4 heteroatoms. The van der Waals surface area contributed by atoms with Crippen molar-refractivity contribution in [1.29, 1.82) is 5.26 Å². The predicted molar refractivity (Wildman–Crippen MR) is 54.9 cm³/mol. The van der Waals surface area contributed by atoms with Gasteiger partial charge in [0.15, 0.2) is 0 Å². The van der Waals surface area contributed by atoms with Crippen LogP contribution >= 0.6 is 0 Å². The molecule has 0 saturated carbocycles. The van der Waals surface area contributed by atoms with Crippen molar-refractivity contribution >= 4 is 0 Å². The fraction of sp³-hybridized carbons (Fsp3) is 0.900. The number of nitrogens with one attached hydrogen (secondary N) is 1. The van der Waals surface area contributed by atoms with Gasteiger partial charge in [-0.05, 0) is 6.92 Å². The van der Waals surface area contributed by atoms with Gasteiger partial charge in [0.1, 0.15) is 0 Å². The Balaban J connectivity index is 2.48. The zero-order chi connectivity index (χ0) is 10.4. The third-order valence-electron chi connectivity index (χ3n) is 2.74. The molecule has 0 spiro atoms. The second-order valence-corrected chi connectivity index (χ2v) is 3.75. The van der Waals surface area contributed by atoms with Gasteiger partial charge < -0.3 is 10.1 Å². The van der Waals surface area contributed by atoms with Gasteiger partial charge in [-0.15, -0.1) is 0 Å². The Kier molecular flexibility index (Phi) is 4.88. The summed E-state index contributed by atoms with van der Waals surface area (Å²) in [6.07, 6.45) is 0.598. The Morgan fingerprint density at radius 1 is 1.57 bits per heavy atom. The number of nitrogens with zero attached hydrogens (tertiary/aromatic N) is 2. The number of ether oxygens (including phenoxy) is 1. The Morgan fingerprint density at radius 2 is 2.36 bits per heavy atom. The van der Waals surface area contributed by atoms with E-state index in [1.165, 1.54) is 0 Å². The summed E-state index contributed by atoms with van der Waals surface area (Å²) in [5, 5.41) is 12.1. The SMILES string of the molecule is COCCN1C(C)CNCC1CC#N. The van der Waals surface area contributed by atoms with Gasteiger partial charge in [0.05, 0.1) is 19.1 Å². The van der Waals surface area contributed by atoms with E-state index >= 15 is 0 Å². The Morgan fingerprint density at radius 3 is 3.00 bits per heavy atom. The van der Waals surface area contributed by atoms with Crippen LogP contribution in [0.2, 0.25) is 0 Å². The fourth-order valence-corrected chi connectivity index (χ4v) is 1.95. The minimum Gasteiger partial charge on any atom is -0.383 e. The van der Waals surface area contributed by atoms with Crippen molar-refractivity contribution in [2.75, 3.05) is 33.4 Å². The topological polar surface area (TPSA) is 48.3 Å². The second kappa shape index (κ2) is 5.97. The molecule has 1 aliphatic heterocycles. The maximum absolute atomic E-state index is 8.71. The lowest BCUT2D eigenvalue weighted by Gasteiger charge is -2.40. The van der Waals surface area contributed by atoms with Gasteiger partial charge in [-0.2, -0.15) is 5.26 Å². The molecule has 1 heterocycles. The molecule has 1 N–H and O–H groups in total. The maximum Gasteiger partial charge on any atom is 0.0638 e. The lowest BCUT2D eigenvalue weighted by molar-refractivity contribution is 0.0702. The molecule has 0 aromatic heterocycles. The summed E-state index contributed by atoms with van der Waals surface area (Å²) in [6, 6.07) is 3.09. The van der Waals surface area contributed by atoms with Crippen LogP contribution < -0.4 is 5.32 Å². The van der Waals surface area contributed by atoms with Crippen LogP contribution in [-0.2, 0) is 4.74 Å². The number of piperazine rings is 1. The van der Waals surface area contributed by atoms with E-state index in [-0.39, 0.29) is 0 Å². The molecular formula is C10H19N3O. The van der Waals surface area contributed by atoms with Crippen LogP contribution in [0, 0.1) is 11.3 Å². The summed E-state index contributed by atoms with van der Waals surface area (Å²) in [5.74, 6) is 0. The highest BCUT2D eigenvalue weighted by molar-refractivity contribution is 4.90. The highest BCUT2D eigenvalue weighted by Crippen LogP contribution is 2.11. The van der Waals surface area contributed by atoms with E-state index in [1.807, 2.05) is 0 Å². The molecule has 2 atom stereocenters. The average molecular weight is 197 g/mol. The van der Waals surface area contributed by atoms with Crippen molar-refractivity contribution in [3.8, 4) is 6.07 Å². The molecule has 1 aliphatic rings. The summed E-state index contributed by atoms with van der Waals surface area (Å²) in [6.45, 7) is 5.78. The lowest BCUT2D eigenvalue weighted by atomic mass is 10.1. The molecule has 4 nitrogen and oxygen atoms in total. The summed E-state index contributed by atoms with van der Waals surface area (Å²) in [4.78, 5) is 2.36. The van der Waals surface area contributed by atoms with Gasteiger partial charge in [0.25, 0.3) is 0 Å². The van der Waals surface area contributed by atoms with Gasteiger partial charge in [0, 0.05) is 38.8 Å². The maximum atomic E-state index is 8.71. The number of hydrogen-bond acceptors (Lipinski definition) is 4. The third-order valence-corrected chi connectivity index (χ3v) is 2.74. The first kappa shape index (κ1) is 11.4. The molecule has 1 rings (SSSR count). The van der Waals surface area contributed by atoms with Crippen LogP contribution in [0.5, 0.6) is 0 Å². The average Bonchev–Trinajstić information content (AvgIpc) is 2.18. The zero-order valence-electron chi connectivity index (χ0n) is 8.99. The minimum atomic E-state index is 0.346. The quantitative estimate of drug-likeness (QED) is 0.700. The van der Waals surface area contributed by atoms with Crippen LogP contribution in [0.15, 0.2) is 0 Å². The fourth-order valence-electron chi connectivity index (χ4n) is 1.95. The number of methoxy groups -OCH3 is 1. The van der Waals surface area contributed by atoms with E-state index < -0.39 is 0 Å². The van der Waals surface area contributed by atoms with E-state index in [2.05, 4.69) is 23.2 Å². The van der Waals surface area contributed by atoms with Crippen molar-refractivity contribution in [3.05, 3.63) is 0 Å². The molecule has 0 bridgehead atoms. The zero-order valence-corrected chi connectivity index (χ0v) is 8.99. The number of rotatable bonds is 4. The Labute approximate surface area is 85.8 Å². The van der Waals surface area contributed by atoms with Crippen molar-refractivity contribution in [1.82, 2.24) is 10.2 Å². The summed E-state index contributed by atoms with van der Waals surface area (Å²) >= 11 is 0. The predicted octanol–water partition coefficient (Wildman–Crippen LogP) is 0.209. The van der Waals surface area contributed by atoms with E-state index in [4.69, 9.17) is 10.00 Å². The standard InChI is InChI=1S/C10H19N3O/c1-9-7-12-8-10(3-4-11)13(9)5-6-14-2/h9-10,12H,3,5-8H2,1-2H3. The van der Waals surface area contributed by atoms with Gasteiger partial charge in [-0.3, -0.25) is 4.90 Å². The van der Waals surface area contributed by atoms with Crippen LogP contribution in [0.3, 0.4) is 0 Å². The highest BCUT2D eigenvalue weighted by Gasteiger charge is 2.26. The molecule has 0 aromatic carbocycles.